The molecule has 0 unspecified atom stereocenters. The number of carbonyl (C=O) groups excluding carboxylic acids is 1. The van der Waals surface area contributed by atoms with Crippen molar-refractivity contribution in [1.29, 1.82) is 0 Å². The summed E-state index contributed by atoms with van der Waals surface area (Å²) in [4.78, 5) is 16.7. The molecule has 25 heavy (non-hydrogen) atoms. The van der Waals surface area contributed by atoms with E-state index in [1.54, 1.807) is 0 Å². The van der Waals surface area contributed by atoms with Gasteiger partial charge in [0.25, 0.3) is 0 Å². The number of aryl methyl sites for hydroxylation is 1. The van der Waals surface area contributed by atoms with Gasteiger partial charge >= 0.3 is 0 Å². The highest BCUT2D eigenvalue weighted by Crippen LogP contribution is 2.13. The zero-order chi connectivity index (χ0) is 17.6. The standard InChI is InChI=1S/C21H23N3O/c1-3-17-6-8-18(9-7-17)14-21(25)23-16(2)20-11-10-19(15-22-20)24-12-4-5-13-24/h4-13,15-16H,3,14H2,1-2H3,(H,23,25)/t16-/m1/s1. The highest BCUT2D eigenvalue weighted by Gasteiger charge is 2.11. The molecule has 0 aliphatic rings. The molecule has 3 rings (SSSR count). The third-order valence-corrected chi connectivity index (χ3v) is 4.29. The van der Waals surface area contributed by atoms with Crippen molar-refractivity contribution in [2.24, 2.45) is 0 Å². The molecule has 0 saturated carbocycles. The molecule has 3 aromatic rings. The maximum atomic E-state index is 12.3. The molecule has 4 nitrogen and oxygen atoms in total. The average Bonchev–Trinajstić information content (AvgIpc) is 3.17. The fourth-order valence-electron chi connectivity index (χ4n) is 2.76. The summed E-state index contributed by atoms with van der Waals surface area (Å²) >= 11 is 0. The highest BCUT2D eigenvalue weighted by atomic mass is 16.1. The van der Waals surface area contributed by atoms with Gasteiger partial charge in [-0.25, -0.2) is 0 Å². The first-order valence-corrected chi connectivity index (χ1v) is 8.62. The fraction of sp³-hybridized carbons (Fsp3) is 0.238. The number of aromatic nitrogens is 2. The van der Waals surface area contributed by atoms with E-state index in [1.165, 1.54) is 5.56 Å². The lowest BCUT2D eigenvalue weighted by molar-refractivity contribution is -0.121. The summed E-state index contributed by atoms with van der Waals surface area (Å²) in [6.07, 6.45) is 7.17. The van der Waals surface area contributed by atoms with Gasteiger partial charge in [-0.1, -0.05) is 31.2 Å². The van der Waals surface area contributed by atoms with Crippen LogP contribution in [0.15, 0.2) is 67.1 Å². The SMILES string of the molecule is CCc1ccc(CC(=O)N[C@H](C)c2ccc(-n3cccc3)cn2)cc1. The van der Waals surface area contributed by atoms with Crippen molar-refractivity contribution in [3.8, 4) is 5.69 Å². The molecule has 0 fully saturated rings. The second-order valence-electron chi connectivity index (χ2n) is 6.17. The third-order valence-electron chi connectivity index (χ3n) is 4.29. The van der Waals surface area contributed by atoms with Gasteiger partial charge in [-0.2, -0.15) is 0 Å². The van der Waals surface area contributed by atoms with Crippen LogP contribution in [0, 0.1) is 0 Å². The minimum absolute atomic E-state index is 0.00744. The largest absolute Gasteiger partial charge is 0.348 e. The van der Waals surface area contributed by atoms with Crippen molar-refractivity contribution in [3.63, 3.8) is 0 Å². The number of nitrogens with one attached hydrogen (secondary N) is 1. The molecule has 1 N–H and O–H groups in total. The number of benzene rings is 1. The van der Waals surface area contributed by atoms with Gasteiger partial charge in [0.1, 0.15) is 0 Å². The zero-order valence-corrected chi connectivity index (χ0v) is 14.6. The molecule has 0 aliphatic heterocycles. The van der Waals surface area contributed by atoms with Gasteiger partial charge in [-0.05, 0) is 48.7 Å². The summed E-state index contributed by atoms with van der Waals surface area (Å²) in [5.74, 6) is 0.00744. The maximum Gasteiger partial charge on any atom is 0.224 e. The summed E-state index contributed by atoms with van der Waals surface area (Å²) in [5.41, 5.74) is 4.16. The van der Waals surface area contributed by atoms with Gasteiger partial charge in [-0.3, -0.25) is 9.78 Å². The monoisotopic (exact) mass is 333 g/mol. The molecule has 1 aromatic carbocycles. The van der Waals surface area contributed by atoms with Crippen LogP contribution in [0.2, 0.25) is 0 Å². The lowest BCUT2D eigenvalue weighted by Gasteiger charge is -2.14. The summed E-state index contributed by atoms with van der Waals surface area (Å²) < 4.78 is 2.00. The van der Waals surface area contributed by atoms with E-state index in [1.807, 2.05) is 66.5 Å². The second kappa shape index (κ2) is 7.79. The lowest BCUT2D eigenvalue weighted by Crippen LogP contribution is -2.28. The lowest BCUT2D eigenvalue weighted by atomic mass is 10.1. The second-order valence-corrected chi connectivity index (χ2v) is 6.17. The van der Waals surface area contributed by atoms with E-state index in [4.69, 9.17) is 0 Å². The van der Waals surface area contributed by atoms with Crippen molar-refractivity contribution in [1.82, 2.24) is 14.9 Å². The van der Waals surface area contributed by atoms with Crippen molar-refractivity contribution in [3.05, 3.63) is 83.9 Å². The van der Waals surface area contributed by atoms with Crippen LogP contribution in [0.1, 0.15) is 36.7 Å². The molecule has 1 atom stereocenters. The van der Waals surface area contributed by atoms with Crippen LogP contribution in [0.4, 0.5) is 0 Å². The molecule has 0 aliphatic carbocycles. The Hall–Kier alpha value is -2.88. The average molecular weight is 333 g/mol. The molecule has 128 valence electrons. The molecule has 0 saturated heterocycles. The van der Waals surface area contributed by atoms with Gasteiger partial charge in [-0.15, -0.1) is 0 Å². The van der Waals surface area contributed by atoms with Crippen LogP contribution >= 0.6 is 0 Å². The molecule has 2 heterocycles. The van der Waals surface area contributed by atoms with E-state index >= 15 is 0 Å². The number of pyridine rings is 1. The number of amides is 1. The molecule has 0 spiro atoms. The molecule has 4 heteroatoms. The van der Waals surface area contributed by atoms with E-state index < -0.39 is 0 Å². The summed E-state index contributed by atoms with van der Waals surface area (Å²) in [7, 11) is 0. The molecule has 0 bridgehead atoms. The number of nitrogens with zero attached hydrogens (tertiary/aromatic N) is 2. The maximum absolute atomic E-state index is 12.3. The minimum Gasteiger partial charge on any atom is -0.348 e. The van der Waals surface area contributed by atoms with Crippen molar-refractivity contribution in [2.45, 2.75) is 32.7 Å². The zero-order valence-electron chi connectivity index (χ0n) is 14.6. The van der Waals surface area contributed by atoms with Crippen LogP contribution in [0.25, 0.3) is 5.69 Å². The molecular formula is C21H23N3O. The Morgan fingerprint density at radius 3 is 2.36 bits per heavy atom. The molecular weight excluding hydrogens is 310 g/mol. The minimum atomic E-state index is -0.124. The summed E-state index contributed by atoms with van der Waals surface area (Å²) in [6, 6.07) is 16.0. The molecule has 2 aromatic heterocycles. The van der Waals surface area contributed by atoms with E-state index in [2.05, 4.69) is 29.4 Å². The summed E-state index contributed by atoms with van der Waals surface area (Å²) in [6.45, 7) is 4.08. The third kappa shape index (κ3) is 4.35. The smallest absolute Gasteiger partial charge is 0.224 e. The Kier molecular flexibility index (Phi) is 5.29. The number of carbonyl (C=O) groups is 1. The van der Waals surface area contributed by atoms with Crippen molar-refractivity contribution >= 4 is 5.91 Å². The Morgan fingerprint density at radius 2 is 1.76 bits per heavy atom. The number of hydrogen-bond donors (Lipinski definition) is 1. The van der Waals surface area contributed by atoms with Crippen molar-refractivity contribution < 1.29 is 4.79 Å². The van der Waals surface area contributed by atoms with E-state index in [0.29, 0.717) is 6.42 Å². The van der Waals surface area contributed by atoms with Crippen LogP contribution in [0.3, 0.4) is 0 Å². The highest BCUT2D eigenvalue weighted by molar-refractivity contribution is 5.78. The van der Waals surface area contributed by atoms with Gasteiger partial charge < -0.3 is 9.88 Å². The predicted molar refractivity (Wildman–Crippen MR) is 99.6 cm³/mol. The first-order valence-electron chi connectivity index (χ1n) is 8.62. The van der Waals surface area contributed by atoms with Crippen LogP contribution < -0.4 is 5.32 Å². The normalized spacial score (nSPS) is 11.9. The fourth-order valence-corrected chi connectivity index (χ4v) is 2.76. The number of rotatable bonds is 6. The van der Waals surface area contributed by atoms with Crippen LogP contribution in [-0.4, -0.2) is 15.5 Å². The quantitative estimate of drug-likeness (QED) is 0.745. The molecule has 0 radical (unpaired) electrons. The van der Waals surface area contributed by atoms with Gasteiger partial charge in [0.2, 0.25) is 5.91 Å². The topological polar surface area (TPSA) is 46.9 Å². The van der Waals surface area contributed by atoms with Gasteiger partial charge in [0.15, 0.2) is 0 Å². The Balaban J connectivity index is 1.59. The first kappa shape index (κ1) is 17.0. The van der Waals surface area contributed by atoms with Gasteiger partial charge in [0.05, 0.1) is 30.0 Å². The van der Waals surface area contributed by atoms with Crippen molar-refractivity contribution in [2.75, 3.05) is 0 Å². The Labute approximate surface area is 148 Å². The Morgan fingerprint density at radius 1 is 1.08 bits per heavy atom. The van der Waals surface area contributed by atoms with Crippen LogP contribution in [0.5, 0.6) is 0 Å². The predicted octanol–water partition coefficient (Wildman–Crippen LogP) is 3.85. The molecule has 1 amide bonds. The Bertz CT molecular complexity index is 805. The van der Waals surface area contributed by atoms with Crippen LogP contribution in [-0.2, 0) is 17.6 Å². The van der Waals surface area contributed by atoms with E-state index in [-0.39, 0.29) is 11.9 Å². The summed E-state index contributed by atoms with van der Waals surface area (Å²) in [5, 5.41) is 3.02. The van der Waals surface area contributed by atoms with E-state index in [0.717, 1.165) is 23.4 Å². The van der Waals surface area contributed by atoms with Gasteiger partial charge in [0, 0.05) is 12.4 Å². The number of hydrogen-bond acceptors (Lipinski definition) is 2. The first-order chi connectivity index (χ1) is 12.2. The van der Waals surface area contributed by atoms with E-state index in [9.17, 15) is 4.79 Å².